The molecule has 0 aliphatic carbocycles. The molecule has 1 unspecified atom stereocenters. The summed E-state index contributed by atoms with van der Waals surface area (Å²) in [5.41, 5.74) is 1.08. The third-order valence-electron chi connectivity index (χ3n) is 3.01. The van der Waals surface area contributed by atoms with Gasteiger partial charge in [-0.1, -0.05) is 0 Å². The van der Waals surface area contributed by atoms with Crippen LogP contribution >= 0.6 is 0 Å². The molecule has 6 heteroatoms. The van der Waals surface area contributed by atoms with Gasteiger partial charge in [0, 0.05) is 19.3 Å². The van der Waals surface area contributed by atoms with E-state index in [1.807, 2.05) is 6.92 Å². The Morgan fingerprint density at radius 3 is 2.78 bits per heavy atom. The fourth-order valence-corrected chi connectivity index (χ4v) is 1.97. The van der Waals surface area contributed by atoms with E-state index in [0.717, 1.165) is 5.69 Å². The van der Waals surface area contributed by atoms with Crippen LogP contribution in [0.25, 0.3) is 0 Å². The number of esters is 1. The van der Waals surface area contributed by atoms with E-state index in [2.05, 4.69) is 14.7 Å². The van der Waals surface area contributed by atoms with Crippen molar-refractivity contribution in [1.82, 2.24) is 14.9 Å². The van der Waals surface area contributed by atoms with Crippen molar-refractivity contribution in [3.8, 4) is 0 Å². The lowest BCUT2D eigenvalue weighted by molar-refractivity contribution is -0.144. The van der Waals surface area contributed by atoms with E-state index in [0.29, 0.717) is 25.2 Å². The number of hydrogen-bond acceptors (Lipinski definition) is 5. The van der Waals surface area contributed by atoms with Gasteiger partial charge in [-0.15, -0.1) is 0 Å². The first-order chi connectivity index (χ1) is 8.61. The predicted molar refractivity (Wildman–Crippen MR) is 62.8 cm³/mol. The molecule has 1 aromatic heterocycles. The molecule has 0 radical (unpaired) electrons. The van der Waals surface area contributed by atoms with E-state index in [9.17, 15) is 9.59 Å². The maximum absolute atomic E-state index is 12.1. The Bertz CT molecular complexity index is 458. The van der Waals surface area contributed by atoms with Crippen LogP contribution in [-0.4, -0.2) is 46.9 Å². The van der Waals surface area contributed by atoms with E-state index in [-0.39, 0.29) is 17.8 Å². The van der Waals surface area contributed by atoms with Gasteiger partial charge in [0.1, 0.15) is 5.69 Å². The van der Waals surface area contributed by atoms with Gasteiger partial charge in [-0.2, -0.15) is 0 Å². The molecule has 0 N–H and O–H groups in total. The molecule has 2 heterocycles. The number of rotatable bonds is 2. The minimum atomic E-state index is -0.264. The van der Waals surface area contributed by atoms with Crippen LogP contribution in [0.3, 0.4) is 0 Å². The van der Waals surface area contributed by atoms with Crippen LogP contribution in [0.5, 0.6) is 0 Å². The van der Waals surface area contributed by atoms with Crippen molar-refractivity contribution in [2.24, 2.45) is 5.92 Å². The molecule has 0 spiro atoms. The van der Waals surface area contributed by atoms with E-state index >= 15 is 0 Å². The van der Waals surface area contributed by atoms with Crippen molar-refractivity contribution < 1.29 is 14.3 Å². The van der Waals surface area contributed by atoms with Crippen molar-refractivity contribution in [2.75, 3.05) is 20.2 Å². The first-order valence-corrected chi connectivity index (χ1v) is 5.77. The highest BCUT2D eigenvalue weighted by molar-refractivity contribution is 5.92. The zero-order chi connectivity index (χ0) is 13.1. The Balaban J connectivity index is 2.03. The van der Waals surface area contributed by atoms with E-state index in [1.165, 1.54) is 13.3 Å². The molecule has 1 aromatic rings. The van der Waals surface area contributed by atoms with Gasteiger partial charge in [0.15, 0.2) is 0 Å². The summed E-state index contributed by atoms with van der Waals surface area (Å²) < 4.78 is 4.68. The normalized spacial score (nSPS) is 18.8. The van der Waals surface area contributed by atoms with Gasteiger partial charge in [0.2, 0.25) is 0 Å². The van der Waals surface area contributed by atoms with Gasteiger partial charge >= 0.3 is 5.97 Å². The highest BCUT2D eigenvalue weighted by atomic mass is 16.5. The number of nitrogens with zero attached hydrogens (tertiary/aromatic N) is 3. The van der Waals surface area contributed by atoms with Crippen LogP contribution in [0, 0.1) is 12.8 Å². The molecule has 18 heavy (non-hydrogen) atoms. The summed E-state index contributed by atoms with van der Waals surface area (Å²) in [6, 6.07) is 0. The van der Waals surface area contributed by atoms with Crippen molar-refractivity contribution in [1.29, 1.82) is 0 Å². The summed E-state index contributed by atoms with van der Waals surface area (Å²) in [6.07, 6.45) is 3.65. The number of methoxy groups -OCH3 is 1. The molecular formula is C12H15N3O3. The van der Waals surface area contributed by atoms with E-state index < -0.39 is 0 Å². The minimum Gasteiger partial charge on any atom is -0.469 e. The van der Waals surface area contributed by atoms with Crippen LogP contribution in [-0.2, 0) is 9.53 Å². The summed E-state index contributed by atoms with van der Waals surface area (Å²) in [6.45, 7) is 2.75. The molecule has 1 aliphatic rings. The van der Waals surface area contributed by atoms with Crippen LogP contribution in [0.1, 0.15) is 22.6 Å². The standard InChI is InChI=1S/C12H15N3O3/c1-8-5-14-10(6-13-8)11(16)15-4-3-9(7-15)12(17)18-2/h5-6,9H,3-4,7H2,1-2H3. The lowest BCUT2D eigenvalue weighted by Crippen LogP contribution is -2.30. The highest BCUT2D eigenvalue weighted by Gasteiger charge is 2.32. The lowest BCUT2D eigenvalue weighted by Gasteiger charge is -2.15. The Morgan fingerprint density at radius 2 is 2.17 bits per heavy atom. The number of carbonyl (C=O) groups is 2. The zero-order valence-corrected chi connectivity index (χ0v) is 10.4. The monoisotopic (exact) mass is 249 g/mol. The molecular weight excluding hydrogens is 234 g/mol. The zero-order valence-electron chi connectivity index (χ0n) is 10.4. The molecule has 1 atom stereocenters. The van der Waals surface area contributed by atoms with Gasteiger partial charge in [0.05, 0.1) is 24.9 Å². The van der Waals surface area contributed by atoms with Gasteiger partial charge in [0.25, 0.3) is 5.91 Å². The molecule has 1 aliphatic heterocycles. The second-order valence-electron chi connectivity index (χ2n) is 4.30. The van der Waals surface area contributed by atoms with Gasteiger partial charge in [-0.05, 0) is 13.3 Å². The number of carbonyl (C=O) groups excluding carboxylic acids is 2. The van der Waals surface area contributed by atoms with Crippen molar-refractivity contribution in [2.45, 2.75) is 13.3 Å². The summed E-state index contributed by atoms with van der Waals surface area (Å²) in [7, 11) is 1.36. The quantitative estimate of drug-likeness (QED) is 0.710. The summed E-state index contributed by atoms with van der Waals surface area (Å²) in [5.74, 6) is -0.674. The molecule has 0 saturated carbocycles. The molecule has 1 saturated heterocycles. The second kappa shape index (κ2) is 5.12. The topological polar surface area (TPSA) is 72.4 Å². The fourth-order valence-electron chi connectivity index (χ4n) is 1.97. The highest BCUT2D eigenvalue weighted by Crippen LogP contribution is 2.19. The summed E-state index contributed by atoms with van der Waals surface area (Å²) in [5, 5.41) is 0. The fraction of sp³-hybridized carbons (Fsp3) is 0.500. The summed E-state index contributed by atoms with van der Waals surface area (Å²) in [4.78, 5) is 33.2. The lowest BCUT2D eigenvalue weighted by atomic mass is 10.1. The predicted octanol–water partition coefficient (Wildman–Crippen LogP) is 0.420. The number of ether oxygens (including phenoxy) is 1. The van der Waals surface area contributed by atoms with Crippen LogP contribution in [0.4, 0.5) is 0 Å². The number of likely N-dealkylation sites (tertiary alicyclic amines) is 1. The largest absolute Gasteiger partial charge is 0.469 e. The number of hydrogen-bond donors (Lipinski definition) is 0. The van der Waals surface area contributed by atoms with Gasteiger partial charge in [-0.25, -0.2) is 4.98 Å². The first kappa shape index (κ1) is 12.5. The smallest absolute Gasteiger partial charge is 0.310 e. The van der Waals surface area contributed by atoms with Gasteiger partial charge in [-0.3, -0.25) is 14.6 Å². The van der Waals surface area contributed by atoms with Crippen LogP contribution in [0.2, 0.25) is 0 Å². The third-order valence-corrected chi connectivity index (χ3v) is 3.01. The maximum Gasteiger partial charge on any atom is 0.310 e. The maximum atomic E-state index is 12.1. The Labute approximate surface area is 105 Å². The molecule has 96 valence electrons. The first-order valence-electron chi connectivity index (χ1n) is 5.77. The van der Waals surface area contributed by atoms with E-state index in [4.69, 9.17) is 0 Å². The van der Waals surface area contributed by atoms with Crippen molar-refractivity contribution >= 4 is 11.9 Å². The molecule has 0 aromatic carbocycles. The second-order valence-corrected chi connectivity index (χ2v) is 4.30. The van der Waals surface area contributed by atoms with Crippen molar-refractivity contribution in [3.63, 3.8) is 0 Å². The molecule has 6 nitrogen and oxygen atoms in total. The Kier molecular flexibility index (Phi) is 3.55. The molecule has 1 amide bonds. The van der Waals surface area contributed by atoms with Crippen LogP contribution in [0.15, 0.2) is 12.4 Å². The SMILES string of the molecule is COC(=O)C1CCN(C(=O)c2cnc(C)cn2)C1. The van der Waals surface area contributed by atoms with Gasteiger partial charge < -0.3 is 9.64 Å². The Morgan fingerprint density at radius 1 is 1.39 bits per heavy atom. The number of amides is 1. The van der Waals surface area contributed by atoms with E-state index in [1.54, 1.807) is 11.1 Å². The minimum absolute atomic E-state index is 0.186. The molecule has 2 rings (SSSR count). The number of aryl methyl sites for hydroxylation is 1. The third kappa shape index (κ3) is 2.47. The summed E-state index contributed by atoms with van der Waals surface area (Å²) >= 11 is 0. The van der Waals surface area contributed by atoms with Crippen LogP contribution < -0.4 is 0 Å². The molecule has 0 bridgehead atoms. The average Bonchev–Trinajstić information content (AvgIpc) is 2.87. The average molecular weight is 249 g/mol. The number of aromatic nitrogens is 2. The van der Waals surface area contributed by atoms with Crippen molar-refractivity contribution in [3.05, 3.63) is 23.8 Å². The molecule has 1 fully saturated rings. The Hall–Kier alpha value is -1.98.